The van der Waals surface area contributed by atoms with Gasteiger partial charge in [-0.2, -0.15) is 4.98 Å². The van der Waals surface area contributed by atoms with Crippen LogP contribution in [0, 0.1) is 0 Å². The zero-order chi connectivity index (χ0) is 24.9. The molecule has 1 fully saturated rings. The van der Waals surface area contributed by atoms with Crippen molar-refractivity contribution in [2.45, 2.75) is 63.5 Å². The van der Waals surface area contributed by atoms with Gasteiger partial charge in [-0.1, -0.05) is 0 Å². The van der Waals surface area contributed by atoms with Gasteiger partial charge in [0.25, 0.3) is 5.91 Å². The third-order valence-electron chi connectivity index (χ3n) is 6.91. The van der Waals surface area contributed by atoms with Crippen molar-refractivity contribution in [3.8, 4) is 17.2 Å². The summed E-state index contributed by atoms with van der Waals surface area (Å²) >= 11 is 0. The molecule has 1 aromatic heterocycles. The number of benzene rings is 1. The number of hydrogen-bond acceptors (Lipinski definition) is 8. The van der Waals surface area contributed by atoms with Gasteiger partial charge in [0, 0.05) is 37.3 Å². The highest BCUT2D eigenvalue weighted by Crippen LogP contribution is 2.38. The van der Waals surface area contributed by atoms with Crippen LogP contribution < -0.4 is 29.7 Å². The van der Waals surface area contributed by atoms with E-state index in [1.165, 1.54) is 24.1 Å². The van der Waals surface area contributed by atoms with Crippen molar-refractivity contribution in [1.29, 1.82) is 0 Å². The maximum atomic E-state index is 13.0. The molecule has 0 unspecified atom stereocenters. The summed E-state index contributed by atoms with van der Waals surface area (Å²) in [4.78, 5) is 24.7. The van der Waals surface area contributed by atoms with Gasteiger partial charge in [0.05, 0.1) is 27.0 Å². The van der Waals surface area contributed by atoms with Gasteiger partial charge in [-0.3, -0.25) is 4.79 Å². The quantitative estimate of drug-likeness (QED) is 0.588. The second kappa shape index (κ2) is 11.0. The predicted molar refractivity (Wildman–Crippen MR) is 136 cm³/mol. The topological polar surface area (TPSA) is 97.8 Å². The Morgan fingerprint density at radius 3 is 2.14 bits per heavy atom. The molecule has 2 aromatic rings. The molecule has 4 rings (SSSR count). The normalized spacial score (nSPS) is 19.3. The van der Waals surface area contributed by atoms with Crippen molar-refractivity contribution in [3.05, 3.63) is 29.0 Å². The molecule has 2 aliphatic rings. The van der Waals surface area contributed by atoms with Gasteiger partial charge >= 0.3 is 0 Å². The number of anilines is 2. The molecular formula is C26H37N5O4. The van der Waals surface area contributed by atoms with E-state index in [0.717, 1.165) is 50.3 Å². The lowest BCUT2D eigenvalue weighted by atomic mass is 9.91. The zero-order valence-corrected chi connectivity index (χ0v) is 21.4. The van der Waals surface area contributed by atoms with Crippen molar-refractivity contribution in [1.82, 2.24) is 15.3 Å². The highest BCUT2D eigenvalue weighted by Gasteiger charge is 2.26. The van der Waals surface area contributed by atoms with Crippen LogP contribution >= 0.6 is 0 Å². The van der Waals surface area contributed by atoms with Crippen molar-refractivity contribution >= 4 is 17.7 Å². The highest BCUT2D eigenvalue weighted by molar-refractivity contribution is 5.95. The molecule has 1 aromatic carbocycles. The summed E-state index contributed by atoms with van der Waals surface area (Å²) in [6.45, 7) is 0. The molecule has 9 nitrogen and oxygen atoms in total. The number of aryl methyl sites for hydroxylation is 1. The number of nitrogens with one attached hydrogen (secondary N) is 2. The van der Waals surface area contributed by atoms with Crippen molar-refractivity contribution in [3.63, 3.8) is 0 Å². The van der Waals surface area contributed by atoms with E-state index < -0.39 is 0 Å². The first kappa shape index (κ1) is 24.9. The highest BCUT2D eigenvalue weighted by atomic mass is 16.5. The number of fused-ring (bicyclic) bond motifs is 1. The fraction of sp³-hybridized carbons (Fsp3) is 0.577. The van der Waals surface area contributed by atoms with Crippen LogP contribution in [0.2, 0.25) is 0 Å². The van der Waals surface area contributed by atoms with Crippen LogP contribution in [0.15, 0.2) is 12.1 Å². The average molecular weight is 484 g/mol. The predicted octanol–water partition coefficient (Wildman–Crippen LogP) is 3.60. The van der Waals surface area contributed by atoms with E-state index in [2.05, 4.69) is 15.5 Å². The molecule has 2 N–H and O–H groups in total. The van der Waals surface area contributed by atoms with E-state index in [1.807, 2.05) is 14.1 Å². The number of nitrogens with zero attached hydrogens (tertiary/aromatic N) is 3. The molecule has 0 aliphatic heterocycles. The Balaban J connectivity index is 1.37. The molecule has 1 amide bonds. The Bertz CT molecular complexity index is 1030. The second-order valence-electron chi connectivity index (χ2n) is 9.48. The van der Waals surface area contributed by atoms with E-state index in [-0.39, 0.29) is 11.9 Å². The minimum absolute atomic E-state index is 0.112. The van der Waals surface area contributed by atoms with E-state index in [1.54, 1.807) is 33.5 Å². The number of hydrogen-bond donors (Lipinski definition) is 2. The zero-order valence-electron chi connectivity index (χ0n) is 21.4. The molecule has 2 aliphatic carbocycles. The van der Waals surface area contributed by atoms with Gasteiger partial charge in [0.1, 0.15) is 5.82 Å². The van der Waals surface area contributed by atoms with Crippen LogP contribution in [0.25, 0.3) is 0 Å². The van der Waals surface area contributed by atoms with Gasteiger partial charge in [0.2, 0.25) is 11.7 Å². The van der Waals surface area contributed by atoms with Crippen LogP contribution in [0.4, 0.5) is 11.8 Å². The van der Waals surface area contributed by atoms with Gasteiger partial charge < -0.3 is 29.7 Å². The summed E-state index contributed by atoms with van der Waals surface area (Å²) in [6, 6.07) is 3.77. The van der Waals surface area contributed by atoms with Gasteiger partial charge in [-0.15, -0.1) is 0 Å². The molecule has 0 saturated heterocycles. The number of amides is 1. The minimum atomic E-state index is -0.144. The molecule has 35 heavy (non-hydrogen) atoms. The molecule has 0 spiro atoms. The standard InChI is InChI=1S/C26H37N5O4/c1-31(2)24-19-8-6-7-9-20(19)29-26(30-24)28-18-12-10-17(11-13-18)27-25(32)16-14-21(33-3)23(35-5)22(15-16)34-4/h14-15,17-18H,6-13H2,1-5H3,(H,27,32)(H,28,29,30)/t17-,18+. The molecule has 190 valence electrons. The largest absolute Gasteiger partial charge is 0.493 e. The lowest BCUT2D eigenvalue weighted by Crippen LogP contribution is -2.40. The maximum Gasteiger partial charge on any atom is 0.251 e. The first-order chi connectivity index (χ1) is 16.9. The molecule has 1 saturated carbocycles. The van der Waals surface area contributed by atoms with Crippen molar-refractivity contribution < 1.29 is 19.0 Å². The van der Waals surface area contributed by atoms with Crippen molar-refractivity contribution in [2.24, 2.45) is 0 Å². The van der Waals surface area contributed by atoms with Gasteiger partial charge in [-0.25, -0.2) is 4.98 Å². The van der Waals surface area contributed by atoms with E-state index in [4.69, 9.17) is 24.2 Å². The summed E-state index contributed by atoms with van der Waals surface area (Å²) in [7, 11) is 8.72. The summed E-state index contributed by atoms with van der Waals surface area (Å²) in [6.07, 6.45) is 8.13. The smallest absolute Gasteiger partial charge is 0.251 e. The minimum Gasteiger partial charge on any atom is -0.493 e. The maximum absolute atomic E-state index is 13.0. The Morgan fingerprint density at radius 1 is 0.914 bits per heavy atom. The number of aromatic nitrogens is 2. The third-order valence-corrected chi connectivity index (χ3v) is 6.91. The van der Waals surface area contributed by atoms with Crippen LogP contribution in [0.1, 0.15) is 60.1 Å². The summed E-state index contributed by atoms with van der Waals surface area (Å²) in [5.74, 6) is 3.01. The molecule has 0 atom stereocenters. The summed E-state index contributed by atoms with van der Waals surface area (Å²) in [5, 5.41) is 6.73. The van der Waals surface area contributed by atoms with Gasteiger partial charge in [0.15, 0.2) is 11.5 Å². The molecule has 1 heterocycles. The number of rotatable bonds is 8. The number of methoxy groups -OCH3 is 3. The Kier molecular flexibility index (Phi) is 7.83. The number of ether oxygens (including phenoxy) is 3. The van der Waals surface area contributed by atoms with Crippen LogP contribution in [-0.4, -0.2) is 63.4 Å². The fourth-order valence-electron chi connectivity index (χ4n) is 5.05. The Hall–Kier alpha value is -3.23. The van der Waals surface area contributed by atoms with Gasteiger partial charge in [-0.05, 0) is 63.5 Å². The summed E-state index contributed by atoms with van der Waals surface area (Å²) < 4.78 is 16.1. The van der Waals surface area contributed by atoms with Crippen LogP contribution in [0.3, 0.4) is 0 Å². The number of carbonyl (C=O) groups is 1. The molecule has 9 heteroatoms. The lowest BCUT2D eigenvalue weighted by Gasteiger charge is -2.30. The fourth-order valence-corrected chi connectivity index (χ4v) is 5.05. The van der Waals surface area contributed by atoms with E-state index >= 15 is 0 Å². The first-order valence-corrected chi connectivity index (χ1v) is 12.4. The average Bonchev–Trinajstić information content (AvgIpc) is 2.88. The molecule has 0 radical (unpaired) electrons. The van der Waals surface area contributed by atoms with Crippen LogP contribution in [0.5, 0.6) is 17.2 Å². The Morgan fingerprint density at radius 2 is 1.54 bits per heavy atom. The SMILES string of the molecule is COc1cc(C(=O)N[C@H]2CC[C@@H](Nc3nc4c(c(N(C)C)n3)CCCC4)CC2)cc(OC)c1OC. The molecular weight excluding hydrogens is 446 g/mol. The second-order valence-corrected chi connectivity index (χ2v) is 9.48. The first-order valence-electron chi connectivity index (χ1n) is 12.4. The van der Waals surface area contributed by atoms with E-state index in [0.29, 0.717) is 28.9 Å². The third kappa shape index (κ3) is 5.55. The molecule has 0 bridgehead atoms. The van der Waals surface area contributed by atoms with Crippen LogP contribution in [-0.2, 0) is 12.8 Å². The summed E-state index contributed by atoms with van der Waals surface area (Å²) in [5.41, 5.74) is 2.96. The monoisotopic (exact) mass is 483 g/mol. The van der Waals surface area contributed by atoms with E-state index in [9.17, 15) is 4.79 Å². The van der Waals surface area contributed by atoms with Crippen molar-refractivity contribution in [2.75, 3.05) is 45.6 Å². The number of carbonyl (C=O) groups excluding carboxylic acids is 1. The Labute approximate surface area is 207 Å². The lowest BCUT2D eigenvalue weighted by molar-refractivity contribution is 0.0925.